The Morgan fingerprint density at radius 1 is 1.43 bits per heavy atom. The highest BCUT2D eigenvalue weighted by Crippen LogP contribution is 2.32. The van der Waals surface area contributed by atoms with E-state index in [1.165, 1.54) is 0 Å². The molecule has 1 aromatic rings. The summed E-state index contributed by atoms with van der Waals surface area (Å²) in [6, 6.07) is 7.56. The number of carbonyl (C=O) groups is 1. The number of hydrogen-bond donors (Lipinski definition) is 0. The van der Waals surface area contributed by atoms with Crippen molar-refractivity contribution in [1.82, 2.24) is 0 Å². The Labute approximate surface area is 87.8 Å². The average molecular weight is 211 g/mol. The van der Waals surface area contributed by atoms with Crippen molar-refractivity contribution in [3.8, 4) is 0 Å². The van der Waals surface area contributed by atoms with E-state index >= 15 is 0 Å². The van der Waals surface area contributed by atoms with Crippen LogP contribution in [0.5, 0.6) is 0 Å². The molecule has 1 saturated heterocycles. The molecular formula is C11H11ClO2. The second-order valence-corrected chi connectivity index (χ2v) is 4.38. The molecule has 2 nitrogen and oxygen atoms in total. The van der Waals surface area contributed by atoms with E-state index in [1.54, 1.807) is 0 Å². The zero-order valence-electron chi connectivity index (χ0n) is 7.92. The van der Waals surface area contributed by atoms with E-state index in [9.17, 15) is 4.79 Å². The van der Waals surface area contributed by atoms with Crippen LogP contribution in [0.2, 0.25) is 5.02 Å². The Balaban J connectivity index is 2.11. The highest BCUT2D eigenvalue weighted by Gasteiger charge is 2.44. The normalized spacial score (nSPS) is 25.4. The van der Waals surface area contributed by atoms with Gasteiger partial charge in [0.25, 0.3) is 0 Å². The zero-order valence-corrected chi connectivity index (χ0v) is 8.67. The molecule has 0 spiro atoms. The highest BCUT2D eigenvalue weighted by molar-refractivity contribution is 6.30. The van der Waals surface area contributed by atoms with Crippen LogP contribution in [-0.4, -0.2) is 12.6 Å². The lowest BCUT2D eigenvalue weighted by atomic mass is 9.81. The summed E-state index contributed by atoms with van der Waals surface area (Å²) in [6.07, 6.45) is 0.725. The van der Waals surface area contributed by atoms with Crippen molar-refractivity contribution in [2.45, 2.75) is 13.3 Å². The molecule has 1 fully saturated rings. The number of benzene rings is 1. The van der Waals surface area contributed by atoms with Gasteiger partial charge in [-0.25, -0.2) is 0 Å². The van der Waals surface area contributed by atoms with Crippen LogP contribution in [0.15, 0.2) is 24.3 Å². The first-order valence-electron chi connectivity index (χ1n) is 4.52. The topological polar surface area (TPSA) is 26.3 Å². The summed E-state index contributed by atoms with van der Waals surface area (Å²) in [5.41, 5.74) is 0.793. The van der Waals surface area contributed by atoms with E-state index in [-0.39, 0.29) is 11.4 Å². The SMILES string of the molecule is CC1(Cc2ccc(Cl)cc2)COC1=O. The quantitative estimate of drug-likeness (QED) is 0.701. The molecule has 0 aromatic heterocycles. The lowest BCUT2D eigenvalue weighted by Crippen LogP contribution is -2.47. The number of ether oxygens (including phenoxy) is 1. The van der Waals surface area contributed by atoms with Gasteiger partial charge in [-0.15, -0.1) is 0 Å². The van der Waals surface area contributed by atoms with Crippen molar-refractivity contribution in [2.75, 3.05) is 6.61 Å². The highest BCUT2D eigenvalue weighted by atomic mass is 35.5. The first-order valence-corrected chi connectivity index (χ1v) is 4.90. The van der Waals surface area contributed by atoms with E-state index in [4.69, 9.17) is 16.3 Å². The van der Waals surface area contributed by atoms with Crippen molar-refractivity contribution in [2.24, 2.45) is 5.41 Å². The van der Waals surface area contributed by atoms with Crippen molar-refractivity contribution >= 4 is 17.6 Å². The van der Waals surface area contributed by atoms with Gasteiger partial charge in [-0.05, 0) is 31.0 Å². The fraction of sp³-hybridized carbons (Fsp3) is 0.364. The van der Waals surface area contributed by atoms with Crippen molar-refractivity contribution in [1.29, 1.82) is 0 Å². The molecule has 2 rings (SSSR count). The molecule has 1 aliphatic heterocycles. The molecular weight excluding hydrogens is 200 g/mol. The fourth-order valence-corrected chi connectivity index (χ4v) is 1.68. The largest absolute Gasteiger partial charge is 0.464 e. The van der Waals surface area contributed by atoms with Crippen LogP contribution in [-0.2, 0) is 16.0 Å². The second kappa shape index (κ2) is 3.28. The Morgan fingerprint density at radius 2 is 2.07 bits per heavy atom. The van der Waals surface area contributed by atoms with Crippen LogP contribution in [0.25, 0.3) is 0 Å². The van der Waals surface area contributed by atoms with Crippen LogP contribution < -0.4 is 0 Å². The number of halogens is 1. The maximum Gasteiger partial charge on any atom is 0.315 e. The molecule has 1 aliphatic rings. The first kappa shape index (κ1) is 9.53. The summed E-state index contributed by atoms with van der Waals surface area (Å²) < 4.78 is 4.78. The van der Waals surface area contributed by atoms with E-state index in [1.807, 2.05) is 31.2 Å². The molecule has 14 heavy (non-hydrogen) atoms. The molecule has 1 aromatic carbocycles. The van der Waals surface area contributed by atoms with Gasteiger partial charge in [-0.1, -0.05) is 23.7 Å². The number of hydrogen-bond acceptors (Lipinski definition) is 2. The third kappa shape index (κ3) is 1.62. The molecule has 3 heteroatoms. The van der Waals surface area contributed by atoms with Crippen molar-refractivity contribution < 1.29 is 9.53 Å². The maximum atomic E-state index is 11.2. The third-order valence-corrected chi connectivity index (χ3v) is 2.77. The summed E-state index contributed by atoms with van der Waals surface area (Å²) in [7, 11) is 0. The Morgan fingerprint density at radius 3 is 2.50 bits per heavy atom. The van der Waals surface area contributed by atoms with Gasteiger partial charge in [0.05, 0.1) is 0 Å². The third-order valence-electron chi connectivity index (χ3n) is 2.52. The van der Waals surface area contributed by atoms with Crippen LogP contribution in [0.4, 0.5) is 0 Å². The Hall–Kier alpha value is -1.02. The Kier molecular flexibility index (Phi) is 2.23. The van der Waals surface area contributed by atoms with Gasteiger partial charge in [0, 0.05) is 5.02 Å². The monoisotopic (exact) mass is 210 g/mol. The molecule has 0 amide bonds. The lowest BCUT2D eigenvalue weighted by Gasteiger charge is -2.35. The van der Waals surface area contributed by atoms with E-state index in [0.29, 0.717) is 6.61 Å². The lowest BCUT2D eigenvalue weighted by molar-refractivity contribution is -0.182. The number of carbonyl (C=O) groups excluding carboxylic acids is 1. The summed E-state index contributed by atoms with van der Waals surface area (Å²) in [4.78, 5) is 11.2. The van der Waals surface area contributed by atoms with Crippen LogP contribution in [0.3, 0.4) is 0 Å². The van der Waals surface area contributed by atoms with Crippen LogP contribution in [0.1, 0.15) is 12.5 Å². The average Bonchev–Trinajstić information content (AvgIpc) is 2.19. The van der Waals surface area contributed by atoms with Gasteiger partial charge in [-0.2, -0.15) is 0 Å². The van der Waals surface area contributed by atoms with Crippen molar-refractivity contribution in [3.63, 3.8) is 0 Å². The minimum Gasteiger partial charge on any atom is -0.464 e. The van der Waals surface area contributed by atoms with E-state index in [2.05, 4.69) is 0 Å². The van der Waals surface area contributed by atoms with Gasteiger partial charge in [0.15, 0.2) is 0 Å². The standard InChI is InChI=1S/C11H11ClO2/c1-11(7-14-10(11)13)6-8-2-4-9(12)5-3-8/h2-5H,6-7H2,1H3. The van der Waals surface area contributed by atoms with E-state index < -0.39 is 0 Å². The molecule has 0 bridgehead atoms. The van der Waals surface area contributed by atoms with Crippen molar-refractivity contribution in [3.05, 3.63) is 34.9 Å². The van der Waals surface area contributed by atoms with Gasteiger partial charge >= 0.3 is 5.97 Å². The number of rotatable bonds is 2. The van der Waals surface area contributed by atoms with Gasteiger partial charge < -0.3 is 4.74 Å². The molecule has 1 atom stereocenters. The molecule has 0 saturated carbocycles. The summed E-state index contributed by atoms with van der Waals surface area (Å²) in [5, 5.41) is 0.718. The van der Waals surface area contributed by atoms with Gasteiger partial charge in [0.1, 0.15) is 12.0 Å². The summed E-state index contributed by atoms with van der Waals surface area (Å²) in [5.74, 6) is -0.104. The first-order chi connectivity index (χ1) is 6.60. The molecule has 0 N–H and O–H groups in total. The minimum absolute atomic E-state index is 0.104. The smallest absolute Gasteiger partial charge is 0.315 e. The van der Waals surface area contributed by atoms with E-state index in [0.717, 1.165) is 17.0 Å². The van der Waals surface area contributed by atoms with Gasteiger partial charge in [-0.3, -0.25) is 4.79 Å². The zero-order chi connectivity index (χ0) is 10.2. The molecule has 0 aliphatic carbocycles. The number of esters is 1. The summed E-state index contributed by atoms with van der Waals surface area (Å²) in [6.45, 7) is 2.45. The minimum atomic E-state index is -0.326. The maximum absolute atomic E-state index is 11.2. The Bertz CT molecular complexity index is 358. The fourth-order valence-electron chi connectivity index (χ4n) is 1.55. The number of cyclic esters (lactones) is 1. The van der Waals surface area contributed by atoms with Crippen LogP contribution in [0, 0.1) is 5.41 Å². The van der Waals surface area contributed by atoms with Gasteiger partial charge in [0.2, 0.25) is 0 Å². The molecule has 1 unspecified atom stereocenters. The van der Waals surface area contributed by atoms with Crippen LogP contribution >= 0.6 is 11.6 Å². The second-order valence-electron chi connectivity index (χ2n) is 3.94. The predicted molar refractivity (Wildman–Crippen MR) is 54.2 cm³/mol. The molecule has 1 heterocycles. The predicted octanol–water partition coefficient (Wildman–Crippen LogP) is 2.45. The summed E-state index contributed by atoms with van der Waals surface area (Å²) >= 11 is 5.77. The molecule has 74 valence electrons. The molecule has 0 radical (unpaired) electrons.